The predicted molar refractivity (Wildman–Crippen MR) is 70.5 cm³/mol. The lowest BCUT2D eigenvalue weighted by Crippen LogP contribution is -2.38. The minimum Gasteiger partial charge on any atom is -0.326 e. The van der Waals surface area contributed by atoms with Crippen molar-refractivity contribution in [1.82, 2.24) is 4.90 Å². The number of nitrogens with two attached hydrogens (primary N) is 1. The molecule has 0 aliphatic rings. The van der Waals surface area contributed by atoms with Crippen molar-refractivity contribution in [1.29, 1.82) is 0 Å². The fraction of sp³-hybridized carbons (Fsp3) is 0.571. The number of hydrogen-bond acceptors (Lipinski definition) is 2. The molecule has 2 atom stereocenters. The molecule has 0 amide bonds. The van der Waals surface area contributed by atoms with E-state index in [-0.39, 0.29) is 6.04 Å². The number of hydrogen-bond donors (Lipinski definition) is 1. The zero-order valence-electron chi connectivity index (χ0n) is 10.9. The van der Waals surface area contributed by atoms with Crippen LogP contribution in [0.4, 0.5) is 0 Å². The SMILES string of the molecule is CCC(N)C(c1ccc(C)cc1)N(C)CC. The molecule has 0 heterocycles. The second-order valence-electron chi connectivity index (χ2n) is 4.50. The molecule has 16 heavy (non-hydrogen) atoms. The fourth-order valence-electron chi connectivity index (χ4n) is 2.01. The highest BCUT2D eigenvalue weighted by Gasteiger charge is 2.21. The normalized spacial score (nSPS) is 15.1. The third-order valence-corrected chi connectivity index (χ3v) is 3.27. The van der Waals surface area contributed by atoms with Crippen LogP contribution in [0.2, 0.25) is 0 Å². The molecular formula is C14H24N2. The van der Waals surface area contributed by atoms with E-state index in [4.69, 9.17) is 5.73 Å². The van der Waals surface area contributed by atoms with Crippen LogP contribution in [0.15, 0.2) is 24.3 Å². The first kappa shape index (κ1) is 13.2. The van der Waals surface area contributed by atoms with Gasteiger partial charge in [0.2, 0.25) is 0 Å². The maximum atomic E-state index is 6.22. The Morgan fingerprint density at radius 2 is 1.75 bits per heavy atom. The molecule has 0 aliphatic carbocycles. The lowest BCUT2D eigenvalue weighted by Gasteiger charge is -2.32. The van der Waals surface area contributed by atoms with E-state index < -0.39 is 0 Å². The Kier molecular flexibility index (Phi) is 4.97. The van der Waals surface area contributed by atoms with Crippen molar-refractivity contribution in [3.05, 3.63) is 35.4 Å². The van der Waals surface area contributed by atoms with Crippen molar-refractivity contribution in [2.45, 2.75) is 39.3 Å². The molecule has 2 unspecified atom stereocenters. The first-order chi connectivity index (χ1) is 7.60. The summed E-state index contributed by atoms with van der Waals surface area (Å²) in [5.74, 6) is 0. The van der Waals surface area contributed by atoms with E-state index in [1.807, 2.05) is 0 Å². The zero-order chi connectivity index (χ0) is 12.1. The van der Waals surface area contributed by atoms with Crippen molar-refractivity contribution < 1.29 is 0 Å². The number of benzene rings is 1. The molecule has 1 rings (SSSR count). The third-order valence-electron chi connectivity index (χ3n) is 3.27. The second-order valence-corrected chi connectivity index (χ2v) is 4.50. The van der Waals surface area contributed by atoms with Gasteiger partial charge in [-0.25, -0.2) is 0 Å². The van der Waals surface area contributed by atoms with Crippen LogP contribution in [-0.4, -0.2) is 24.5 Å². The van der Waals surface area contributed by atoms with Crippen molar-refractivity contribution in [2.75, 3.05) is 13.6 Å². The predicted octanol–water partition coefficient (Wildman–Crippen LogP) is 2.73. The topological polar surface area (TPSA) is 29.3 Å². The zero-order valence-corrected chi connectivity index (χ0v) is 10.9. The summed E-state index contributed by atoms with van der Waals surface area (Å²) in [4.78, 5) is 2.32. The molecule has 0 radical (unpaired) electrons. The Labute approximate surface area is 99.5 Å². The minimum absolute atomic E-state index is 0.202. The molecule has 0 saturated carbocycles. The van der Waals surface area contributed by atoms with Gasteiger partial charge in [0.05, 0.1) is 0 Å². The Morgan fingerprint density at radius 1 is 1.19 bits per heavy atom. The van der Waals surface area contributed by atoms with Gasteiger partial charge < -0.3 is 5.73 Å². The Morgan fingerprint density at radius 3 is 2.19 bits per heavy atom. The molecule has 1 aromatic rings. The van der Waals surface area contributed by atoms with E-state index in [0.29, 0.717) is 6.04 Å². The van der Waals surface area contributed by atoms with Gasteiger partial charge in [-0.3, -0.25) is 4.90 Å². The first-order valence-electron chi connectivity index (χ1n) is 6.12. The average molecular weight is 220 g/mol. The van der Waals surface area contributed by atoms with Gasteiger partial charge in [-0.15, -0.1) is 0 Å². The molecule has 0 saturated heterocycles. The quantitative estimate of drug-likeness (QED) is 0.826. The summed E-state index contributed by atoms with van der Waals surface area (Å²) in [6, 6.07) is 9.24. The van der Waals surface area contributed by atoms with E-state index in [0.717, 1.165) is 13.0 Å². The van der Waals surface area contributed by atoms with Gasteiger partial charge in [0.1, 0.15) is 0 Å². The van der Waals surface area contributed by atoms with Gasteiger partial charge in [0, 0.05) is 12.1 Å². The van der Waals surface area contributed by atoms with Crippen LogP contribution in [0.5, 0.6) is 0 Å². The molecule has 0 aromatic heterocycles. The van der Waals surface area contributed by atoms with Crippen LogP contribution >= 0.6 is 0 Å². The van der Waals surface area contributed by atoms with Crippen LogP contribution in [0.3, 0.4) is 0 Å². The third kappa shape index (κ3) is 3.06. The number of nitrogens with zero attached hydrogens (tertiary/aromatic N) is 1. The summed E-state index contributed by atoms with van der Waals surface area (Å²) in [5.41, 5.74) is 8.84. The van der Waals surface area contributed by atoms with E-state index in [1.165, 1.54) is 11.1 Å². The first-order valence-corrected chi connectivity index (χ1v) is 6.12. The van der Waals surface area contributed by atoms with E-state index >= 15 is 0 Å². The summed E-state index contributed by atoms with van der Waals surface area (Å²) in [6.45, 7) is 7.45. The van der Waals surface area contributed by atoms with Crippen LogP contribution in [-0.2, 0) is 0 Å². The summed E-state index contributed by atoms with van der Waals surface area (Å²) in [6.07, 6.45) is 1.00. The fourth-order valence-corrected chi connectivity index (χ4v) is 2.01. The monoisotopic (exact) mass is 220 g/mol. The van der Waals surface area contributed by atoms with Gasteiger partial charge in [-0.1, -0.05) is 43.7 Å². The minimum atomic E-state index is 0.202. The van der Waals surface area contributed by atoms with E-state index in [9.17, 15) is 0 Å². The Bertz CT molecular complexity index is 295. The summed E-state index contributed by atoms with van der Waals surface area (Å²) in [7, 11) is 2.14. The molecule has 0 bridgehead atoms. The molecule has 0 spiro atoms. The van der Waals surface area contributed by atoms with Crippen LogP contribution in [0.25, 0.3) is 0 Å². The van der Waals surface area contributed by atoms with Gasteiger partial charge >= 0.3 is 0 Å². The molecule has 2 nitrogen and oxygen atoms in total. The van der Waals surface area contributed by atoms with Crippen molar-refractivity contribution in [3.63, 3.8) is 0 Å². The van der Waals surface area contributed by atoms with Gasteiger partial charge in [0.25, 0.3) is 0 Å². The summed E-state index contributed by atoms with van der Waals surface area (Å²) < 4.78 is 0. The van der Waals surface area contributed by atoms with Crippen molar-refractivity contribution in [2.24, 2.45) is 5.73 Å². The van der Waals surface area contributed by atoms with Gasteiger partial charge in [-0.2, -0.15) is 0 Å². The van der Waals surface area contributed by atoms with Crippen LogP contribution in [0.1, 0.15) is 37.4 Å². The molecular weight excluding hydrogens is 196 g/mol. The Hall–Kier alpha value is -0.860. The maximum absolute atomic E-state index is 6.22. The van der Waals surface area contributed by atoms with Crippen molar-refractivity contribution >= 4 is 0 Å². The van der Waals surface area contributed by atoms with Crippen LogP contribution < -0.4 is 5.73 Å². The molecule has 2 heteroatoms. The summed E-state index contributed by atoms with van der Waals surface area (Å²) >= 11 is 0. The highest BCUT2D eigenvalue weighted by atomic mass is 15.1. The maximum Gasteiger partial charge on any atom is 0.0496 e. The lowest BCUT2D eigenvalue weighted by atomic mass is 9.96. The summed E-state index contributed by atoms with van der Waals surface area (Å²) in [5, 5.41) is 0. The molecule has 90 valence electrons. The highest BCUT2D eigenvalue weighted by molar-refractivity contribution is 5.25. The standard InChI is InChI=1S/C14H24N2/c1-5-13(15)14(16(4)6-2)12-9-7-11(3)8-10-12/h7-10,13-14H,5-6,15H2,1-4H3. The molecule has 1 aromatic carbocycles. The number of aryl methyl sites for hydroxylation is 1. The number of rotatable bonds is 5. The highest BCUT2D eigenvalue weighted by Crippen LogP contribution is 2.23. The number of likely N-dealkylation sites (N-methyl/N-ethyl adjacent to an activating group) is 1. The average Bonchev–Trinajstić information content (AvgIpc) is 2.31. The molecule has 0 aliphatic heterocycles. The molecule has 0 fully saturated rings. The van der Waals surface area contributed by atoms with E-state index in [1.54, 1.807) is 0 Å². The van der Waals surface area contributed by atoms with Crippen molar-refractivity contribution in [3.8, 4) is 0 Å². The largest absolute Gasteiger partial charge is 0.326 e. The second kappa shape index (κ2) is 6.02. The van der Waals surface area contributed by atoms with Gasteiger partial charge in [0.15, 0.2) is 0 Å². The smallest absolute Gasteiger partial charge is 0.0496 e. The lowest BCUT2D eigenvalue weighted by molar-refractivity contribution is 0.220. The molecule has 2 N–H and O–H groups in total. The van der Waals surface area contributed by atoms with Crippen LogP contribution in [0, 0.1) is 6.92 Å². The van der Waals surface area contributed by atoms with E-state index in [2.05, 4.69) is 57.0 Å². The Balaban J connectivity index is 2.96. The van der Waals surface area contributed by atoms with Gasteiger partial charge in [-0.05, 0) is 32.5 Å².